The Labute approximate surface area is 157 Å². The van der Waals surface area contributed by atoms with Gasteiger partial charge in [0, 0.05) is 10.8 Å². The highest BCUT2D eigenvalue weighted by molar-refractivity contribution is 6.22. The van der Waals surface area contributed by atoms with Gasteiger partial charge < -0.3 is 28.5 Å². The Hall–Kier alpha value is -3.42. The van der Waals surface area contributed by atoms with Gasteiger partial charge >= 0.3 is 11.3 Å². The second-order valence-electron chi connectivity index (χ2n) is 6.43. The molecule has 0 amide bonds. The van der Waals surface area contributed by atoms with Crippen LogP contribution in [0.3, 0.4) is 0 Å². The predicted molar refractivity (Wildman–Crippen MR) is 102 cm³/mol. The van der Waals surface area contributed by atoms with Crippen molar-refractivity contribution in [2.75, 3.05) is 13.2 Å². The Kier molecular flexibility index (Phi) is 4.26. The van der Waals surface area contributed by atoms with E-state index in [-0.39, 0.29) is 68.9 Å². The molecule has 0 saturated carbocycles. The highest BCUT2D eigenvalue weighted by Gasteiger charge is 2.26. The van der Waals surface area contributed by atoms with Gasteiger partial charge in [0.05, 0.1) is 24.0 Å². The van der Waals surface area contributed by atoms with Gasteiger partial charge in [0.25, 0.3) is 0 Å². The molecule has 0 aliphatic heterocycles. The number of aromatic hydroxyl groups is 2. The lowest BCUT2D eigenvalue weighted by Crippen LogP contribution is -2.09. The summed E-state index contributed by atoms with van der Waals surface area (Å²) in [5, 5.41) is 21.2. The molecule has 0 unspecified atom stereocenters. The molecule has 2 aromatic carbocycles. The Bertz CT molecular complexity index is 1200. The van der Waals surface area contributed by atoms with Crippen LogP contribution in [-0.4, -0.2) is 23.4 Å². The van der Waals surface area contributed by atoms with Crippen LogP contribution in [-0.2, 0) is 0 Å². The topological polar surface area (TPSA) is 119 Å². The monoisotopic (exact) mass is 386 g/mol. The maximum atomic E-state index is 12.6. The molecule has 0 spiro atoms. The summed E-state index contributed by atoms with van der Waals surface area (Å²) in [7, 11) is 0. The van der Waals surface area contributed by atoms with Crippen LogP contribution < -0.4 is 20.7 Å². The molecule has 8 heteroatoms. The first-order valence-corrected chi connectivity index (χ1v) is 8.98. The van der Waals surface area contributed by atoms with Gasteiger partial charge in [-0.15, -0.1) is 0 Å². The van der Waals surface area contributed by atoms with E-state index in [0.29, 0.717) is 12.8 Å². The van der Waals surface area contributed by atoms with Gasteiger partial charge in [-0.2, -0.15) is 0 Å². The van der Waals surface area contributed by atoms with Gasteiger partial charge in [-0.3, -0.25) is 0 Å². The fourth-order valence-corrected chi connectivity index (χ4v) is 3.25. The van der Waals surface area contributed by atoms with Crippen LogP contribution in [0.5, 0.6) is 23.0 Å². The molecular weight excluding hydrogens is 368 g/mol. The van der Waals surface area contributed by atoms with Crippen LogP contribution in [0.25, 0.3) is 32.7 Å². The average Bonchev–Trinajstić information content (AvgIpc) is 2.66. The third kappa shape index (κ3) is 2.52. The van der Waals surface area contributed by atoms with E-state index < -0.39 is 11.3 Å². The number of hydrogen-bond acceptors (Lipinski definition) is 8. The molecule has 0 radical (unpaired) electrons. The number of phenols is 2. The zero-order chi connectivity index (χ0) is 20.0. The molecule has 0 aliphatic rings. The lowest BCUT2D eigenvalue weighted by Gasteiger charge is -2.15. The van der Waals surface area contributed by atoms with Crippen LogP contribution in [0.1, 0.15) is 26.7 Å². The molecule has 2 heterocycles. The summed E-state index contributed by atoms with van der Waals surface area (Å²) < 4.78 is 21.9. The molecule has 0 fully saturated rings. The standard InChI is InChI=1S/C20H18O8/c1-3-5-25-15-11(21)7-9-13-14-10(19(23)27-17(13)15)8-12(22)16(26-6-4-2)18(14)28-20(9)24/h7-8,21-22H,3-6H2,1-2H3. The van der Waals surface area contributed by atoms with Gasteiger partial charge in [-0.1, -0.05) is 13.8 Å². The minimum absolute atomic E-state index is 0.0237. The van der Waals surface area contributed by atoms with Crippen LogP contribution in [0, 0.1) is 0 Å². The number of hydrogen-bond donors (Lipinski definition) is 2. The fraction of sp³-hybridized carbons (Fsp3) is 0.300. The average molecular weight is 386 g/mol. The summed E-state index contributed by atoms with van der Waals surface area (Å²) >= 11 is 0. The summed E-state index contributed by atoms with van der Waals surface area (Å²) in [6.07, 6.45) is 1.33. The van der Waals surface area contributed by atoms with Crippen molar-refractivity contribution in [3.05, 3.63) is 33.0 Å². The van der Waals surface area contributed by atoms with Gasteiger partial charge in [0.2, 0.25) is 11.5 Å². The van der Waals surface area contributed by atoms with Crippen molar-refractivity contribution in [3.63, 3.8) is 0 Å². The summed E-state index contributed by atoms with van der Waals surface area (Å²) in [5.41, 5.74) is -1.63. The molecule has 2 N–H and O–H groups in total. The molecule has 0 atom stereocenters. The predicted octanol–water partition coefficient (Wildman–Crippen LogP) is 3.48. The maximum Gasteiger partial charge on any atom is 0.344 e. The number of ether oxygens (including phenoxy) is 2. The first-order valence-electron chi connectivity index (χ1n) is 8.98. The third-order valence-electron chi connectivity index (χ3n) is 4.41. The fourth-order valence-electron chi connectivity index (χ4n) is 3.25. The minimum atomic E-state index is -0.767. The Morgan fingerprint density at radius 3 is 1.54 bits per heavy atom. The van der Waals surface area contributed by atoms with Gasteiger partial charge in [0.1, 0.15) is 0 Å². The summed E-state index contributed by atoms with van der Waals surface area (Å²) in [5.74, 6) is -0.714. The Morgan fingerprint density at radius 1 is 0.786 bits per heavy atom. The highest BCUT2D eigenvalue weighted by atomic mass is 16.5. The van der Waals surface area contributed by atoms with E-state index in [1.165, 1.54) is 12.1 Å². The molecule has 2 aromatic heterocycles. The molecule has 0 bridgehead atoms. The zero-order valence-electron chi connectivity index (χ0n) is 15.3. The van der Waals surface area contributed by atoms with E-state index in [9.17, 15) is 19.8 Å². The summed E-state index contributed by atoms with van der Waals surface area (Å²) in [6.45, 7) is 4.33. The van der Waals surface area contributed by atoms with Crippen molar-refractivity contribution >= 4 is 32.7 Å². The normalized spacial score (nSPS) is 11.6. The quantitative estimate of drug-likeness (QED) is 0.382. The van der Waals surface area contributed by atoms with Gasteiger partial charge in [-0.05, 0) is 25.0 Å². The highest BCUT2D eigenvalue weighted by Crippen LogP contribution is 2.45. The lowest BCUT2D eigenvalue weighted by molar-refractivity contribution is 0.296. The van der Waals surface area contributed by atoms with E-state index in [1.807, 2.05) is 13.8 Å². The molecule has 4 rings (SSSR count). The van der Waals surface area contributed by atoms with Crippen molar-refractivity contribution < 1.29 is 28.5 Å². The van der Waals surface area contributed by atoms with Crippen molar-refractivity contribution in [2.45, 2.75) is 26.7 Å². The molecule has 8 nitrogen and oxygen atoms in total. The van der Waals surface area contributed by atoms with Gasteiger partial charge in [0.15, 0.2) is 22.7 Å². The first kappa shape index (κ1) is 18.0. The molecule has 0 saturated heterocycles. The second-order valence-corrected chi connectivity index (χ2v) is 6.43. The van der Waals surface area contributed by atoms with Gasteiger partial charge in [-0.25, -0.2) is 9.59 Å². The second kappa shape index (κ2) is 6.63. The zero-order valence-corrected chi connectivity index (χ0v) is 15.3. The van der Waals surface area contributed by atoms with Crippen molar-refractivity contribution in [3.8, 4) is 23.0 Å². The van der Waals surface area contributed by atoms with E-state index in [4.69, 9.17) is 18.3 Å². The van der Waals surface area contributed by atoms with E-state index in [1.54, 1.807) is 0 Å². The smallest absolute Gasteiger partial charge is 0.344 e. The van der Waals surface area contributed by atoms with E-state index >= 15 is 0 Å². The van der Waals surface area contributed by atoms with E-state index in [2.05, 4.69) is 0 Å². The van der Waals surface area contributed by atoms with Crippen molar-refractivity contribution in [1.82, 2.24) is 0 Å². The largest absolute Gasteiger partial charge is 0.504 e. The van der Waals surface area contributed by atoms with Crippen LogP contribution in [0.4, 0.5) is 0 Å². The van der Waals surface area contributed by atoms with E-state index in [0.717, 1.165) is 0 Å². The first-order chi connectivity index (χ1) is 13.5. The molecule has 28 heavy (non-hydrogen) atoms. The van der Waals surface area contributed by atoms with Crippen molar-refractivity contribution in [2.24, 2.45) is 0 Å². The maximum absolute atomic E-state index is 12.6. The number of rotatable bonds is 6. The van der Waals surface area contributed by atoms with Crippen molar-refractivity contribution in [1.29, 1.82) is 0 Å². The minimum Gasteiger partial charge on any atom is -0.504 e. The van der Waals surface area contributed by atoms with Crippen LogP contribution >= 0.6 is 0 Å². The lowest BCUT2D eigenvalue weighted by atomic mass is 10.0. The SMILES string of the molecule is CCCOc1c(O)cc2c(=O)oc3c(OCCC)c(O)cc4c(=O)oc1c2c34. The summed E-state index contributed by atoms with van der Waals surface area (Å²) in [6, 6.07) is 2.44. The van der Waals surface area contributed by atoms with Crippen LogP contribution in [0.2, 0.25) is 0 Å². The molecular formula is C20H18O8. The Balaban J connectivity index is 2.23. The molecule has 0 aliphatic carbocycles. The number of phenolic OH excluding ortho intramolecular Hbond substituents is 2. The Morgan fingerprint density at radius 2 is 1.18 bits per heavy atom. The molecule has 4 aromatic rings. The third-order valence-corrected chi connectivity index (χ3v) is 4.41. The molecule has 146 valence electrons. The summed E-state index contributed by atoms with van der Waals surface area (Å²) in [4.78, 5) is 25.2. The number of benzene rings is 2. The van der Waals surface area contributed by atoms with Crippen LogP contribution in [0.15, 0.2) is 30.6 Å².